The summed E-state index contributed by atoms with van der Waals surface area (Å²) in [4.78, 5) is 8.18. The molecule has 0 saturated carbocycles. The standard InChI is InChI=1S/C14H11N5O2S/c1-22(20)9-2-3-10(13(6-9)21-5-4-15)14-18-11-7-16-17-8-12(11)19-14/h2-3,6-8H,5H2,1H3,(H,18,19). The first-order chi connectivity index (χ1) is 10.7. The first-order valence-corrected chi connectivity index (χ1v) is 7.89. The molecule has 8 heteroatoms. The zero-order valence-corrected chi connectivity index (χ0v) is 12.4. The van der Waals surface area contributed by atoms with Gasteiger partial charge in [0.05, 0.1) is 23.5 Å². The number of rotatable bonds is 4. The SMILES string of the molecule is C[S+]([O-])c1ccc(-c2nc3cnncc3[nH]2)c(OCC#N)c1. The summed E-state index contributed by atoms with van der Waals surface area (Å²) < 4.78 is 17.1. The zero-order chi connectivity index (χ0) is 15.5. The van der Waals surface area contributed by atoms with Crippen LogP contribution in [0.2, 0.25) is 0 Å². The van der Waals surface area contributed by atoms with Crippen molar-refractivity contribution in [3.05, 3.63) is 30.6 Å². The minimum Gasteiger partial charge on any atom is -0.612 e. The fourth-order valence-corrected chi connectivity index (χ4v) is 2.54. The molecule has 1 aromatic carbocycles. The van der Waals surface area contributed by atoms with Crippen molar-refractivity contribution in [2.24, 2.45) is 0 Å². The van der Waals surface area contributed by atoms with Crippen molar-refractivity contribution in [3.63, 3.8) is 0 Å². The number of aromatic amines is 1. The monoisotopic (exact) mass is 313 g/mol. The average Bonchev–Trinajstić information content (AvgIpc) is 2.96. The van der Waals surface area contributed by atoms with Crippen LogP contribution >= 0.6 is 0 Å². The molecule has 0 spiro atoms. The zero-order valence-electron chi connectivity index (χ0n) is 11.6. The fourth-order valence-electron chi connectivity index (χ4n) is 2.01. The highest BCUT2D eigenvalue weighted by Gasteiger charge is 2.15. The highest BCUT2D eigenvalue weighted by atomic mass is 32.2. The van der Waals surface area contributed by atoms with Crippen LogP contribution in [0.3, 0.4) is 0 Å². The number of nitrogens with one attached hydrogen (secondary N) is 1. The number of benzene rings is 1. The topological polar surface area (TPSA) is 111 Å². The van der Waals surface area contributed by atoms with Crippen LogP contribution in [0.1, 0.15) is 0 Å². The molecule has 0 amide bonds. The van der Waals surface area contributed by atoms with E-state index in [-0.39, 0.29) is 6.61 Å². The number of H-pyrrole nitrogens is 1. The summed E-state index contributed by atoms with van der Waals surface area (Å²) in [7, 11) is 0. The molecule has 2 aromatic heterocycles. The number of fused-ring (bicyclic) bond motifs is 1. The largest absolute Gasteiger partial charge is 0.612 e. The minimum atomic E-state index is -1.14. The molecule has 3 rings (SSSR count). The second kappa shape index (κ2) is 6.01. The lowest BCUT2D eigenvalue weighted by Gasteiger charge is -2.10. The van der Waals surface area contributed by atoms with E-state index in [4.69, 9.17) is 10.00 Å². The van der Waals surface area contributed by atoms with Gasteiger partial charge in [-0.15, -0.1) is 0 Å². The van der Waals surface area contributed by atoms with Crippen molar-refractivity contribution in [2.45, 2.75) is 4.90 Å². The van der Waals surface area contributed by atoms with E-state index in [1.165, 1.54) is 0 Å². The molecule has 0 bridgehead atoms. The summed E-state index contributed by atoms with van der Waals surface area (Å²) in [5, 5.41) is 16.3. The van der Waals surface area contributed by atoms with Crippen LogP contribution in [0.5, 0.6) is 5.75 Å². The van der Waals surface area contributed by atoms with Gasteiger partial charge >= 0.3 is 0 Å². The second-order valence-corrected chi connectivity index (χ2v) is 5.81. The van der Waals surface area contributed by atoms with Crippen LogP contribution in [-0.4, -0.2) is 37.6 Å². The molecule has 3 aromatic rings. The van der Waals surface area contributed by atoms with E-state index in [1.54, 1.807) is 36.8 Å². The number of hydrogen-bond donors (Lipinski definition) is 1. The number of ether oxygens (including phenoxy) is 1. The van der Waals surface area contributed by atoms with Gasteiger partial charge in [0.15, 0.2) is 11.5 Å². The molecule has 0 saturated heterocycles. The first kappa shape index (κ1) is 14.3. The van der Waals surface area contributed by atoms with E-state index in [1.807, 2.05) is 6.07 Å². The van der Waals surface area contributed by atoms with Gasteiger partial charge in [0, 0.05) is 6.07 Å². The molecule has 1 atom stereocenters. The van der Waals surface area contributed by atoms with Gasteiger partial charge in [0.2, 0.25) is 0 Å². The third kappa shape index (κ3) is 2.72. The number of nitrogens with zero attached hydrogens (tertiary/aromatic N) is 4. The second-order valence-electron chi connectivity index (χ2n) is 4.43. The molecule has 0 aliphatic carbocycles. The van der Waals surface area contributed by atoms with Crippen LogP contribution in [0.4, 0.5) is 0 Å². The summed E-state index contributed by atoms with van der Waals surface area (Å²) >= 11 is -1.14. The molecule has 22 heavy (non-hydrogen) atoms. The molecule has 110 valence electrons. The number of hydrogen-bond acceptors (Lipinski definition) is 6. The normalized spacial score (nSPS) is 12.0. The minimum absolute atomic E-state index is 0.101. The molecular formula is C14H11N5O2S. The predicted molar refractivity (Wildman–Crippen MR) is 80.6 cm³/mol. The Morgan fingerprint density at radius 3 is 2.91 bits per heavy atom. The van der Waals surface area contributed by atoms with Crippen molar-refractivity contribution in [2.75, 3.05) is 12.9 Å². The molecule has 0 fully saturated rings. The lowest BCUT2D eigenvalue weighted by molar-refractivity contribution is 0.368. The van der Waals surface area contributed by atoms with E-state index in [9.17, 15) is 4.55 Å². The van der Waals surface area contributed by atoms with Crippen LogP contribution in [-0.2, 0) is 11.2 Å². The van der Waals surface area contributed by atoms with Crippen molar-refractivity contribution < 1.29 is 9.29 Å². The maximum atomic E-state index is 11.6. The summed E-state index contributed by atoms with van der Waals surface area (Å²) in [6.07, 6.45) is 4.72. The molecule has 0 aliphatic rings. The van der Waals surface area contributed by atoms with Crippen molar-refractivity contribution >= 4 is 22.2 Å². The van der Waals surface area contributed by atoms with Gasteiger partial charge in [0.25, 0.3) is 0 Å². The average molecular weight is 313 g/mol. The van der Waals surface area contributed by atoms with Crippen molar-refractivity contribution in [1.29, 1.82) is 5.26 Å². The molecule has 1 unspecified atom stereocenters. The summed E-state index contributed by atoms with van der Waals surface area (Å²) in [5.41, 5.74) is 2.11. The molecule has 0 aliphatic heterocycles. The number of imidazole rings is 1. The van der Waals surface area contributed by atoms with E-state index in [0.29, 0.717) is 27.5 Å². The third-order valence-electron chi connectivity index (χ3n) is 3.03. The number of aromatic nitrogens is 4. The first-order valence-electron chi connectivity index (χ1n) is 6.33. The van der Waals surface area contributed by atoms with Gasteiger partial charge < -0.3 is 14.3 Å². The number of nitriles is 1. The van der Waals surface area contributed by atoms with Gasteiger partial charge in [-0.1, -0.05) is 0 Å². The highest BCUT2D eigenvalue weighted by Crippen LogP contribution is 2.31. The van der Waals surface area contributed by atoms with Gasteiger partial charge in [0.1, 0.15) is 29.4 Å². The van der Waals surface area contributed by atoms with Crippen molar-refractivity contribution in [3.8, 4) is 23.2 Å². The van der Waals surface area contributed by atoms with E-state index in [0.717, 1.165) is 5.52 Å². The molecule has 2 heterocycles. The van der Waals surface area contributed by atoms with Gasteiger partial charge in [-0.05, 0) is 23.3 Å². The van der Waals surface area contributed by atoms with Crippen LogP contribution < -0.4 is 4.74 Å². The Kier molecular flexibility index (Phi) is 3.91. The third-order valence-corrected chi connectivity index (χ3v) is 3.94. The highest BCUT2D eigenvalue weighted by molar-refractivity contribution is 7.90. The Morgan fingerprint density at radius 2 is 2.18 bits per heavy atom. The maximum Gasteiger partial charge on any atom is 0.174 e. The summed E-state index contributed by atoms with van der Waals surface area (Å²) in [6, 6.07) is 7.09. The quantitative estimate of drug-likeness (QED) is 0.733. The van der Waals surface area contributed by atoms with Gasteiger partial charge in [-0.2, -0.15) is 15.5 Å². The van der Waals surface area contributed by atoms with E-state index in [2.05, 4.69) is 20.2 Å². The predicted octanol–water partition coefficient (Wildman–Crippen LogP) is 1.66. The van der Waals surface area contributed by atoms with Crippen LogP contribution in [0, 0.1) is 11.3 Å². The Morgan fingerprint density at radius 1 is 1.36 bits per heavy atom. The fraction of sp³-hybridized carbons (Fsp3) is 0.143. The van der Waals surface area contributed by atoms with Crippen LogP contribution in [0.15, 0.2) is 35.5 Å². The Hall–Kier alpha value is -2.63. The summed E-state index contributed by atoms with van der Waals surface area (Å²) in [5.74, 6) is 1.03. The van der Waals surface area contributed by atoms with Crippen LogP contribution in [0.25, 0.3) is 22.4 Å². The lowest BCUT2D eigenvalue weighted by atomic mass is 10.2. The molecule has 7 nitrogen and oxygen atoms in total. The van der Waals surface area contributed by atoms with E-state index >= 15 is 0 Å². The Bertz CT molecular complexity index is 823. The Labute approximate surface area is 129 Å². The smallest absolute Gasteiger partial charge is 0.174 e. The Balaban J connectivity index is 2.09. The lowest BCUT2D eigenvalue weighted by Crippen LogP contribution is -2.01. The van der Waals surface area contributed by atoms with E-state index < -0.39 is 11.2 Å². The van der Waals surface area contributed by atoms with Gasteiger partial charge in [-0.25, -0.2) is 4.98 Å². The molecule has 0 radical (unpaired) electrons. The molecule has 1 N–H and O–H groups in total. The van der Waals surface area contributed by atoms with Gasteiger partial charge in [-0.3, -0.25) is 0 Å². The van der Waals surface area contributed by atoms with Crippen molar-refractivity contribution in [1.82, 2.24) is 20.2 Å². The maximum absolute atomic E-state index is 11.6. The summed E-state index contributed by atoms with van der Waals surface area (Å²) in [6.45, 7) is -0.101. The molecular weight excluding hydrogens is 302 g/mol.